The number of hydrogen-bond donors (Lipinski definition) is 6. The topological polar surface area (TPSA) is 189 Å². The summed E-state index contributed by atoms with van der Waals surface area (Å²) < 4.78 is 5.69. The van der Waals surface area contributed by atoms with Crippen LogP contribution < -0.4 is 27.0 Å². The number of fused-ring (bicyclic) bond motifs is 3. The van der Waals surface area contributed by atoms with Crippen LogP contribution >= 0.6 is 0 Å². The maximum Gasteiger partial charge on any atom is 0.407 e. The molecule has 0 spiro atoms. The number of nitrogens with one attached hydrogen (secondary N) is 4. The molecule has 248 valence electrons. The van der Waals surface area contributed by atoms with Crippen molar-refractivity contribution >= 4 is 29.9 Å². The van der Waals surface area contributed by atoms with Gasteiger partial charge >= 0.3 is 18.1 Å². The number of carbonyl (C=O) groups is 5. The van der Waals surface area contributed by atoms with Gasteiger partial charge in [-0.1, -0.05) is 92.7 Å². The molecule has 0 unspecified atom stereocenters. The largest absolute Gasteiger partial charge is 0.480 e. The second kappa shape index (κ2) is 16.3. The van der Waals surface area contributed by atoms with Crippen molar-refractivity contribution < 1.29 is 33.8 Å². The van der Waals surface area contributed by atoms with Gasteiger partial charge in [0.05, 0.1) is 0 Å². The van der Waals surface area contributed by atoms with Gasteiger partial charge < -0.3 is 36.8 Å². The summed E-state index contributed by atoms with van der Waals surface area (Å²) in [6, 6.07) is 20.8. The van der Waals surface area contributed by atoms with Gasteiger partial charge in [-0.3, -0.25) is 9.59 Å². The summed E-state index contributed by atoms with van der Waals surface area (Å²) in [6.45, 7) is 3.62. The zero-order valence-corrected chi connectivity index (χ0v) is 26.4. The number of carboxylic acids is 1. The molecule has 0 aromatic heterocycles. The standard InChI is InChI=1S/C35H41N5O7/c1-21(2)30(32(42)38-28(33(43)44)17-10-18-37-34(36)45)40-31(41)29(19-22-11-4-3-5-12-22)39-35(46)47-20-27-25-15-8-6-13-23(25)24-14-7-9-16-26(24)27/h3-9,11-16,21,27-30H,10,17-20H2,1-2H3,(H,38,42)(H,39,46)(H,40,41)(H,43,44)(H3,36,37,45)/t28-,29-,30-/m0/s1. The van der Waals surface area contributed by atoms with Crippen molar-refractivity contribution in [2.24, 2.45) is 11.7 Å². The molecule has 0 aliphatic heterocycles. The molecular formula is C35H41N5O7. The normalized spacial score (nSPS) is 13.8. The molecule has 12 heteroatoms. The van der Waals surface area contributed by atoms with E-state index in [1.165, 1.54) is 0 Å². The molecule has 3 atom stereocenters. The van der Waals surface area contributed by atoms with Crippen LogP contribution in [0.3, 0.4) is 0 Å². The number of benzene rings is 3. The molecule has 1 aliphatic rings. The Hall–Kier alpha value is -5.39. The molecule has 5 amide bonds. The number of rotatable bonds is 15. The molecule has 0 radical (unpaired) electrons. The van der Waals surface area contributed by atoms with Crippen LogP contribution in [0.25, 0.3) is 11.1 Å². The van der Waals surface area contributed by atoms with Gasteiger partial charge in [-0.2, -0.15) is 0 Å². The highest BCUT2D eigenvalue weighted by Crippen LogP contribution is 2.44. The molecule has 4 rings (SSSR count). The highest BCUT2D eigenvalue weighted by Gasteiger charge is 2.33. The summed E-state index contributed by atoms with van der Waals surface area (Å²) in [7, 11) is 0. The van der Waals surface area contributed by atoms with Gasteiger partial charge in [-0.05, 0) is 46.6 Å². The highest BCUT2D eigenvalue weighted by atomic mass is 16.5. The number of primary amides is 1. The van der Waals surface area contributed by atoms with Crippen LogP contribution in [-0.2, 0) is 25.5 Å². The highest BCUT2D eigenvalue weighted by molar-refractivity contribution is 5.93. The summed E-state index contributed by atoms with van der Waals surface area (Å²) in [5.74, 6) is -3.17. The first-order chi connectivity index (χ1) is 22.5. The minimum Gasteiger partial charge on any atom is -0.480 e. The van der Waals surface area contributed by atoms with Crippen molar-refractivity contribution in [3.63, 3.8) is 0 Å². The van der Waals surface area contributed by atoms with E-state index in [1.807, 2.05) is 78.9 Å². The summed E-state index contributed by atoms with van der Waals surface area (Å²) in [5, 5.41) is 19.9. The minimum atomic E-state index is -1.26. The molecule has 3 aromatic rings. The van der Waals surface area contributed by atoms with Crippen molar-refractivity contribution in [1.82, 2.24) is 21.3 Å². The fourth-order valence-corrected chi connectivity index (χ4v) is 5.67. The number of nitrogens with two attached hydrogens (primary N) is 1. The fraction of sp³-hybridized carbons (Fsp3) is 0.343. The molecule has 3 aromatic carbocycles. The summed E-state index contributed by atoms with van der Waals surface area (Å²) >= 11 is 0. The average Bonchev–Trinajstić information content (AvgIpc) is 3.37. The quantitative estimate of drug-likeness (QED) is 0.137. The smallest absolute Gasteiger partial charge is 0.407 e. The van der Waals surface area contributed by atoms with Gasteiger partial charge in [-0.25, -0.2) is 14.4 Å². The SMILES string of the molecule is CC(C)[C@H](NC(=O)[C@H](Cc1ccccc1)NC(=O)OCC1c2ccccc2-c2ccccc21)C(=O)N[C@@H](CCCNC(N)=O)C(=O)O. The molecule has 0 bridgehead atoms. The van der Waals surface area contributed by atoms with Gasteiger partial charge in [0.15, 0.2) is 0 Å². The van der Waals surface area contributed by atoms with Crippen molar-refractivity contribution in [2.45, 2.75) is 57.2 Å². The Bertz CT molecular complexity index is 1530. The lowest BCUT2D eigenvalue weighted by molar-refractivity contribution is -0.142. The minimum absolute atomic E-state index is 0.0279. The Morgan fingerprint density at radius 1 is 0.787 bits per heavy atom. The van der Waals surface area contributed by atoms with Crippen LogP contribution in [0.15, 0.2) is 78.9 Å². The number of amides is 5. The maximum atomic E-state index is 13.7. The second-order valence-corrected chi connectivity index (χ2v) is 11.8. The van der Waals surface area contributed by atoms with E-state index in [1.54, 1.807) is 13.8 Å². The van der Waals surface area contributed by atoms with Crippen LogP contribution in [-0.4, -0.2) is 66.3 Å². The number of carboxylic acid groups (broad SMARTS) is 1. The van der Waals surface area contributed by atoms with Gasteiger partial charge in [0.25, 0.3) is 0 Å². The first kappa shape index (κ1) is 34.5. The van der Waals surface area contributed by atoms with Crippen LogP contribution in [0.5, 0.6) is 0 Å². The Balaban J connectivity index is 1.43. The van der Waals surface area contributed by atoms with Gasteiger partial charge in [0, 0.05) is 18.9 Å². The van der Waals surface area contributed by atoms with Gasteiger partial charge in [-0.15, -0.1) is 0 Å². The third-order valence-corrected chi connectivity index (χ3v) is 8.07. The predicted octanol–water partition coefficient (Wildman–Crippen LogP) is 3.30. The van der Waals surface area contributed by atoms with E-state index in [-0.39, 0.29) is 38.3 Å². The summed E-state index contributed by atoms with van der Waals surface area (Å²) in [6.07, 6.45) is -0.389. The van der Waals surface area contributed by atoms with Crippen LogP contribution in [0.1, 0.15) is 49.3 Å². The van der Waals surface area contributed by atoms with Crippen LogP contribution in [0.2, 0.25) is 0 Å². The molecule has 0 saturated carbocycles. The van der Waals surface area contributed by atoms with Crippen LogP contribution in [0, 0.1) is 5.92 Å². The lowest BCUT2D eigenvalue weighted by Gasteiger charge is -2.26. The maximum absolute atomic E-state index is 13.7. The van der Waals surface area contributed by atoms with E-state index < -0.39 is 54.0 Å². The molecular weight excluding hydrogens is 602 g/mol. The van der Waals surface area contributed by atoms with Crippen molar-refractivity contribution in [1.29, 1.82) is 0 Å². The number of urea groups is 1. The van der Waals surface area contributed by atoms with E-state index in [2.05, 4.69) is 21.3 Å². The number of aliphatic carboxylic acids is 1. The third-order valence-electron chi connectivity index (χ3n) is 8.07. The summed E-state index contributed by atoms with van der Waals surface area (Å²) in [4.78, 5) is 62.8. The van der Waals surface area contributed by atoms with Crippen molar-refractivity contribution in [3.8, 4) is 11.1 Å². The Morgan fingerprint density at radius 2 is 1.38 bits per heavy atom. The average molecular weight is 644 g/mol. The Labute approximate surface area is 273 Å². The lowest BCUT2D eigenvalue weighted by Crippen LogP contribution is -2.57. The van der Waals surface area contributed by atoms with E-state index in [0.717, 1.165) is 27.8 Å². The number of hydrogen-bond acceptors (Lipinski definition) is 6. The zero-order valence-electron chi connectivity index (χ0n) is 26.4. The molecule has 0 saturated heterocycles. The number of alkyl carbamates (subject to hydrolysis) is 1. The third kappa shape index (κ3) is 9.32. The number of ether oxygens (including phenoxy) is 1. The van der Waals surface area contributed by atoms with E-state index in [4.69, 9.17) is 10.5 Å². The molecule has 0 heterocycles. The molecule has 47 heavy (non-hydrogen) atoms. The first-order valence-electron chi connectivity index (χ1n) is 15.6. The van der Waals surface area contributed by atoms with Crippen LogP contribution in [0.4, 0.5) is 9.59 Å². The summed E-state index contributed by atoms with van der Waals surface area (Å²) in [5.41, 5.74) is 10.1. The predicted molar refractivity (Wildman–Crippen MR) is 175 cm³/mol. The van der Waals surface area contributed by atoms with E-state index in [0.29, 0.717) is 0 Å². The van der Waals surface area contributed by atoms with Crippen molar-refractivity contribution in [3.05, 3.63) is 95.6 Å². The van der Waals surface area contributed by atoms with E-state index in [9.17, 15) is 29.1 Å². The van der Waals surface area contributed by atoms with Gasteiger partial charge in [0.1, 0.15) is 24.7 Å². The van der Waals surface area contributed by atoms with Gasteiger partial charge in [0.2, 0.25) is 11.8 Å². The zero-order chi connectivity index (χ0) is 33.9. The first-order valence-corrected chi connectivity index (χ1v) is 15.6. The molecule has 0 fully saturated rings. The van der Waals surface area contributed by atoms with Crippen molar-refractivity contribution in [2.75, 3.05) is 13.2 Å². The number of carbonyl (C=O) groups excluding carboxylic acids is 4. The monoisotopic (exact) mass is 643 g/mol. The molecule has 1 aliphatic carbocycles. The van der Waals surface area contributed by atoms with E-state index >= 15 is 0 Å². The lowest BCUT2D eigenvalue weighted by atomic mass is 9.98. The second-order valence-electron chi connectivity index (χ2n) is 11.8. The Morgan fingerprint density at radius 3 is 1.96 bits per heavy atom. The fourth-order valence-electron chi connectivity index (χ4n) is 5.67. The molecule has 7 N–H and O–H groups in total. The Kier molecular flexibility index (Phi) is 11.9. The molecule has 12 nitrogen and oxygen atoms in total.